The highest BCUT2D eigenvalue weighted by Gasteiger charge is 2.34. The third-order valence-corrected chi connectivity index (χ3v) is 7.28. The Bertz CT molecular complexity index is 489. The first-order valence-corrected chi connectivity index (χ1v) is 12.5. The van der Waals surface area contributed by atoms with Crippen molar-refractivity contribution in [3.05, 3.63) is 0 Å². The lowest BCUT2D eigenvalue weighted by molar-refractivity contribution is -0.133. The lowest BCUT2D eigenvalue weighted by atomic mass is 10.1. The maximum atomic E-state index is 12.5. The molecule has 0 unspecified atom stereocenters. The number of hydrogen-bond donors (Lipinski definition) is 0. The molecule has 0 radical (unpaired) electrons. The van der Waals surface area contributed by atoms with Crippen LogP contribution in [0.5, 0.6) is 0 Å². The third-order valence-electron chi connectivity index (χ3n) is 4.79. The highest BCUT2D eigenvalue weighted by molar-refractivity contribution is 8.76. The number of methoxy groups -OCH3 is 2. The summed E-state index contributed by atoms with van der Waals surface area (Å²) in [7, 11) is 6.76. The first-order chi connectivity index (χ1) is 13.5. The van der Waals surface area contributed by atoms with E-state index in [4.69, 9.17) is 9.47 Å². The van der Waals surface area contributed by atoms with Crippen molar-refractivity contribution in [1.29, 1.82) is 0 Å². The summed E-state index contributed by atoms with van der Waals surface area (Å²) in [6, 6.07) is 0.0925. The zero-order chi connectivity index (χ0) is 20.8. The van der Waals surface area contributed by atoms with Gasteiger partial charge in [0.25, 0.3) is 0 Å². The molecule has 0 N–H and O–H groups in total. The Kier molecular flexibility index (Phi) is 13.9. The highest BCUT2D eigenvalue weighted by atomic mass is 33.1. The number of ketones is 2. The summed E-state index contributed by atoms with van der Waals surface area (Å²) in [6.07, 6.45) is 5.54. The summed E-state index contributed by atoms with van der Waals surface area (Å²) >= 11 is 0. The van der Waals surface area contributed by atoms with E-state index in [-0.39, 0.29) is 29.6 Å². The molecule has 28 heavy (non-hydrogen) atoms. The van der Waals surface area contributed by atoms with Crippen molar-refractivity contribution < 1.29 is 23.9 Å². The van der Waals surface area contributed by atoms with E-state index in [0.29, 0.717) is 38.8 Å². The number of carbonyl (C=O) groups is 3. The van der Waals surface area contributed by atoms with E-state index >= 15 is 0 Å². The largest absolute Gasteiger partial charge is 0.383 e. The highest BCUT2D eigenvalue weighted by Crippen LogP contribution is 2.24. The fraction of sp³-hybridized carbons (Fsp3) is 0.850. The number of unbranched alkanes of at least 4 members (excludes halogenated alkanes) is 1. The number of amides is 1. The number of nitrogens with zero attached hydrogens (tertiary/aromatic N) is 1. The standard InChI is InChI=1S/C20H35NO5S2/c1-16(22)10-12-28-27-11-6-8-18(23)7-4-5-9-20(24)21-14-19(26-3)13-17(21)15-25-2/h17,19H,4-15H2,1-3H3/t17-,19+/m1/s1. The van der Waals surface area contributed by atoms with Crippen molar-refractivity contribution in [2.24, 2.45) is 0 Å². The van der Waals surface area contributed by atoms with Gasteiger partial charge in [-0.15, -0.1) is 0 Å². The van der Waals surface area contributed by atoms with Gasteiger partial charge in [-0.2, -0.15) is 0 Å². The lowest BCUT2D eigenvalue weighted by Crippen LogP contribution is -2.38. The molecule has 1 amide bonds. The maximum Gasteiger partial charge on any atom is 0.222 e. The Morgan fingerprint density at radius 3 is 2.32 bits per heavy atom. The van der Waals surface area contributed by atoms with Crippen molar-refractivity contribution in [2.45, 2.75) is 70.4 Å². The molecule has 162 valence electrons. The average Bonchev–Trinajstić information content (AvgIpc) is 3.07. The van der Waals surface area contributed by atoms with Gasteiger partial charge in [0, 0.05) is 58.0 Å². The first kappa shape index (κ1) is 25.5. The molecule has 0 aromatic rings. The van der Waals surface area contributed by atoms with Crippen LogP contribution >= 0.6 is 21.6 Å². The molecule has 0 aliphatic carbocycles. The summed E-state index contributed by atoms with van der Waals surface area (Å²) in [4.78, 5) is 37.1. The van der Waals surface area contributed by atoms with Crippen LogP contribution in [-0.4, -0.2) is 73.4 Å². The second kappa shape index (κ2) is 15.3. The Hall–Kier alpha value is -0.570. The summed E-state index contributed by atoms with van der Waals surface area (Å²) in [5, 5.41) is 0. The molecular weight excluding hydrogens is 398 g/mol. The Morgan fingerprint density at radius 2 is 1.64 bits per heavy atom. The molecule has 0 saturated carbocycles. The van der Waals surface area contributed by atoms with E-state index in [1.165, 1.54) is 0 Å². The minimum absolute atomic E-state index is 0.0872. The zero-order valence-corrected chi connectivity index (χ0v) is 19.1. The summed E-state index contributed by atoms with van der Waals surface area (Å²) in [6.45, 7) is 2.77. The normalized spacial score (nSPS) is 19.2. The fourth-order valence-electron chi connectivity index (χ4n) is 3.20. The SMILES string of the molecule is COC[C@H]1C[C@H](OC)CN1C(=O)CCCCC(=O)CCCSSCCC(C)=O. The van der Waals surface area contributed by atoms with Gasteiger partial charge in [-0.1, -0.05) is 21.6 Å². The van der Waals surface area contributed by atoms with E-state index in [0.717, 1.165) is 37.2 Å². The van der Waals surface area contributed by atoms with Crippen LogP contribution in [0.15, 0.2) is 0 Å². The summed E-state index contributed by atoms with van der Waals surface area (Å²) < 4.78 is 10.6. The van der Waals surface area contributed by atoms with Crippen LogP contribution < -0.4 is 0 Å². The molecule has 6 nitrogen and oxygen atoms in total. The minimum atomic E-state index is 0.0872. The number of hydrogen-bond acceptors (Lipinski definition) is 7. The Morgan fingerprint density at radius 1 is 0.964 bits per heavy atom. The van der Waals surface area contributed by atoms with Gasteiger partial charge >= 0.3 is 0 Å². The van der Waals surface area contributed by atoms with Gasteiger partial charge in [-0.3, -0.25) is 14.4 Å². The molecule has 1 aliphatic rings. The van der Waals surface area contributed by atoms with Gasteiger partial charge in [0.2, 0.25) is 5.91 Å². The molecule has 8 heteroatoms. The van der Waals surface area contributed by atoms with Crippen LogP contribution in [0.4, 0.5) is 0 Å². The van der Waals surface area contributed by atoms with Gasteiger partial charge in [-0.25, -0.2) is 0 Å². The van der Waals surface area contributed by atoms with Crippen LogP contribution in [0, 0.1) is 0 Å². The minimum Gasteiger partial charge on any atom is -0.383 e. The van der Waals surface area contributed by atoms with Gasteiger partial charge in [0.1, 0.15) is 11.6 Å². The molecule has 2 atom stereocenters. The predicted octanol–water partition coefficient (Wildman–Crippen LogP) is 3.52. The topological polar surface area (TPSA) is 72.9 Å². The van der Waals surface area contributed by atoms with E-state index < -0.39 is 0 Å². The van der Waals surface area contributed by atoms with Gasteiger partial charge in [0.15, 0.2) is 0 Å². The van der Waals surface area contributed by atoms with E-state index in [9.17, 15) is 14.4 Å². The lowest BCUT2D eigenvalue weighted by Gasteiger charge is -2.23. The number of ether oxygens (including phenoxy) is 2. The Balaban J connectivity index is 2.08. The van der Waals surface area contributed by atoms with Gasteiger partial charge in [0.05, 0.1) is 18.8 Å². The molecule has 0 aromatic carbocycles. The van der Waals surface area contributed by atoms with Crippen molar-refractivity contribution >= 4 is 39.1 Å². The Labute approximate surface area is 177 Å². The molecule has 1 saturated heterocycles. The summed E-state index contributed by atoms with van der Waals surface area (Å²) in [5.74, 6) is 2.41. The van der Waals surface area contributed by atoms with Crippen molar-refractivity contribution in [3.63, 3.8) is 0 Å². The van der Waals surface area contributed by atoms with Crippen LogP contribution in [0.2, 0.25) is 0 Å². The van der Waals surface area contributed by atoms with Crippen LogP contribution in [0.3, 0.4) is 0 Å². The second-order valence-electron chi connectivity index (χ2n) is 7.19. The third kappa shape index (κ3) is 10.8. The summed E-state index contributed by atoms with van der Waals surface area (Å²) in [5.41, 5.74) is 0. The molecular formula is C20H35NO5S2. The fourth-order valence-corrected chi connectivity index (χ4v) is 5.38. The second-order valence-corrected chi connectivity index (χ2v) is 9.90. The monoisotopic (exact) mass is 433 g/mol. The number of likely N-dealkylation sites (tertiary alicyclic amines) is 1. The predicted molar refractivity (Wildman–Crippen MR) is 116 cm³/mol. The molecule has 0 bridgehead atoms. The van der Waals surface area contributed by atoms with Crippen molar-refractivity contribution in [3.8, 4) is 0 Å². The smallest absolute Gasteiger partial charge is 0.222 e. The first-order valence-electron chi connectivity index (χ1n) is 10.0. The molecule has 1 heterocycles. The molecule has 0 aromatic heterocycles. The van der Waals surface area contributed by atoms with Crippen LogP contribution in [0.25, 0.3) is 0 Å². The zero-order valence-electron chi connectivity index (χ0n) is 17.4. The molecule has 0 spiro atoms. The molecule has 1 aliphatic heterocycles. The number of rotatable bonds is 16. The van der Waals surface area contributed by atoms with E-state index in [1.807, 2.05) is 4.90 Å². The average molecular weight is 434 g/mol. The molecule has 1 rings (SSSR count). The van der Waals surface area contributed by atoms with E-state index in [2.05, 4.69) is 0 Å². The maximum absolute atomic E-state index is 12.5. The number of carbonyl (C=O) groups excluding carboxylic acids is 3. The van der Waals surface area contributed by atoms with E-state index in [1.54, 1.807) is 42.7 Å². The molecule has 1 fully saturated rings. The van der Waals surface area contributed by atoms with Crippen LogP contribution in [0.1, 0.15) is 58.3 Å². The van der Waals surface area contributed by atoms with Crippen molar-refractivity contribution in [2.75, 3.05) is 38.9 Å². The number of Topliss-reactive ketones (excluding diaryl/α,β-unsaturated/α-hetero) is 2. The van der Waals surface area contributed by atoms with Crippen LogP contribution in [-0.2, 0) is 23.9 Å². The van der Waals surface area contributed by atoms with Gasteiger partial charge in [-0.05, 0) is 32.6 Å². The van der Waals surface area contributed by atoms with Crippen molar-refractivity contribution in [1.82, 2.24) is 4.90 Å². The quantitative estimate of drug-likeness (QED) is 0.272. The van der Waals surface area contributed by atoms with Gasteiger partial charge < -0.3 is 14.4 Å².